The van der Waals surface area contributed by atoms with Crippen molar-refractivity contribution >= 4 is 5.91 Å². The lowest BCUT2D eigenvalue weighted by atomic mass is 9.92. The second-order valence-corrected chi connectivity index (χ2v) is 5.90. The summed E-state index contributed by atoms with van der Waals surface area (Å²) in [6, 6.07) is 7.67. The largest absolute Gasteiger partial charge is 0.351 e. The minimum Gasteiger partial charge on any atom is -0.351 e. The molecule has 0 atom stereocenters. The summed E-state index contributed by atoms with van der Waals surface area (Å²) in [6.07, 6.45) is 0. The molecule has 0 aliphatic carbocycles. The van der Waals surface area contributed by atoms with Gasteiger partial charge >= 0.3 is 0 Å². The van der Waals surface area contributed by atoms with Gasteiger partial charge in [-0.1, -0.05) is 32.0 Å². The van der Waals surface area contributed by atoms with Gasteiger partial charge in [-0.15, -0.1) is 0 Å². The van der Waals surface area contributed by atoms with Crippen molar-refractivity contribution in [3.63, 3.8) is 0 Å². The number of nitrogens with zero attached hydrogens (tertiary/aromatic N) is 1. The standard InChI is InChI=1S/C15H24N2O/c1-12-8-6-7-9-13(12)14(18)16-10-15(2,3)11-17(4)5/h6-9H,10-11H2,1-5H3,(H,16,18). The van der Waals surface area contributed by atoms with Crippen LogP contribution in [-0.4, -0.2) is 38.0 Å². The Morgan fingerprint density at radius 1 is 1.28 bits per heavy atom. The van der Waals surface area contributed by atoms with Gasteiger partial charge in [0.25, 0.3) is 5.91 Å². The van der Waals surface area contributed by atoms with E-state index >= 15 is 0 Å². The smallest absolute Gasteiger partial charge is 0.251 e. The second-order valence-electron chi connectivity index (χ2n) is 5.90. The summed E-state index contributed by atoms with van der Waals surface area (Å²) in [6.45, 7) is 7.90. The van der Waals surface area contributed by atoms with Gasteiger partial charge in [0.15, 0.2) is 0 Å². The molecule has 0 bridgehead atoms. The average molecular weight is 248 g/mol. The van der Waals surface area contributed by atoms with Gasteiger partial charge in [-0.3, -0.25) is 4.79 Å². The van der Waals surface area contributed by atoms with Crippen molar-refractivity contribution in [2.45, 2.75) is 20.8 Å². The van der Waals surface area contributed by atoms with Gasteiger partial charge in [-0.05, 0) is 38.1 Å². The fourth-order valence-electron chi connectivity index (χ4n) is 2.15. The van der Waals surface area contributed by atoms with E-state index in [2.05, 4.69) is 24.1 Å². The number of rotatable bonds is 5. The first-order valence-electron chi connectivity index (χ1n) is 6.30. The van der Waals surface area contributed by atoms with Gasteiger partial charge in [0, 0.05) is 18.7 Å². The number of amides is 1. The lowest BCUT2D eigenvalue weighted by molar-refractivity contribution is 0.0928. The zero-order valence-electron chi connectivity index (χ0n) is 12.1. The lowest BCUT2D eigenvalue weighted by Crippen LogP contribution is -2.40. The van der Waals surface area contributed by atoms with E-state index in [1.54, 1.807) is 0 Å². The molecule has 18 heavy (non-hydrogen) atoms. The Morgan fingerprint density at radius 3 is 2.44 bits per heavy atom. The van der Waals surface area contributed by atoms with Crippen LogP contribution in [0.3, 0.4) is 0 Å². The van der Waals surface area contributed by atoms with Crippen LogP contribution in [0.1, 0.15) is 29.8 Å². The van der Waals surface area contributed by atoms with Crippen LogP contribution in [0.25, 0.3) is 0 Å². The molecule has 1 amide bonds. The Morgan fingerprint density at radius 2 is 1.89 bits per heavy atom. The second kappa shape index (κ2) is 6.01. The molecule has 0 aromatic heterocycles. The fraction of sp³-hybridized carbons (Fsp3) is 0.533. The SMILES string of the molecule is Cc1ccccc1C(=O)NCC(C)(C)CN(C)C. The number of nitrogens with one attached hydrogen (secondary N) is 1. The van der Waals surface area contributed by atoms with Crippen LogP contribution in [0.4, 0.5) is 0 Å². The monoisotopic (exact) mass is 248 g/mol. The first-order chi connectivity index (χ1) is 8.32. The van der Waals surface area contributed by atoms with E-state index in [0.717, 1.165) is 17.7 Å². The maximum Gasteiger partial charge on any atom is 0.251 e. The first-order valence-corrected chi connectivity index (χ1v) is 6.30. The quantitative estimate of drug-likeness (QED) is 0.867. The first kappa shape index (κ1) is 14.7. The van der Waals surface area contributed by atoms with Gasteiger partial charge in [0.05, 0.1) is 0 Å². The zero-order valence-corrected chi connectivity index (χ0v) is 12.1. The molecule has 0 radical (unpaired) electrons. The van der Waals surface area contributed by atoms with E-state index in [4.69, 9.17) is 0 Å². The minimum atomic E-state index is 0.0138. The molecular weight excluding hydrogens is 224 g/mol. The highest BCUT2D eigenvalue weighted by Gasteiger charge is 2.20. The number of carbonyl (C=O) groups is 1. The van der Waals surface area contributed by atoms with E-state index in [-0.39, 0.29) is 11.3 Å². The van der Waals surface area contributed by atoms with Gasteiger partial charge in [0.2, 0.25) is 0 Å². The van der Waals surface area contributed by atoms with E-state index in [1.165, 1.54) is 0 Å². The van der Waals surface area contributed by atoms with Crippen molar-refractivity contribution in [2.24, 2.45) is 5.41 Å². The third-order valence-corrected chi connectivity index (χ3v) is 2.86. The molecule has 1 aromatic carbocycles. The summed E-state index contributed by atoms with van der Waals surface area (Å²) in [5.74, 6) is 0.0138. The van der Waals surface area contributed by atoms with Gasteiger partial charge < -0.3 is 10.2 Å². The van der Waals surface area contributed by atoms with Gasteiger partial charge in [-0.25, -0.2) is 0 Å². The molecule has 1 rings (SSSR count). The molecule has 0 aliphatic heterocycles. The highest BCUT2D eigenvalue weighted by atomic mass is 16.1. The number of hydrogen-bond donors (Lipinski definition) is 1. The molecule has 0 aliphatic rings. The predicted molar refractivity (Wildman–Crippen MR) is 75.8 cm³/mol. The zero-order chi connectivity index (χ0) is 13.8. The van der Waals surface area contributed by atoms with Crippen LogP contribution in [0.15, 0.2) is 24.3 Å². The molecule has 0 unspecified atom stereocenters. The summed E-state index contributed by atoms with van der Waals surface area (Å²) in [7, 11) is 4.09. The Labute approximate surface area is 110 Å². The van der Waals surface area contributed by atoms with Gasteiger partial charge in [0.1, 0.15) is 0 Å². The average Bonchev–Trinajstić information content (AvgIpc) is 2.25. The van der Waals surface area contributed by atoms with Crippen LogP contribution in [0.5, 0.6) is 0 Å². The third-order valence-electron chi connectivity index (χ3n) is 2.86. The minimum absolute atomic E-state index is 0.0138. The van der Waals surface area contributed by atoms with E-state index in [9.17, 15) is 4.79 Å². The Hall–Kier alpha value is -1.35. The van der Waals surface area contributed by atoms with Crippen molar-refractivity contribution in [3.8, 4) is 0 Å². The molecule has 0 heterocycles. The normalized spacial score (nSPS) is 11.7. The molecule has 3 heteroatoms. The van der Waals surface area contributed by atoms with Crippen molar-refractivity contribution in [1.29, 1.82) is 0 Å². The number of benzene rings is 1. The summed E-state index contributed by atoms with van der Waals surface area (Å²) >= 11 is 0. The van der Waals surface area contributed by atoms with Crippen LogP contribution in [0.2, 0.25) is 0 Å². The van der Waals surface area contributed by atoms with Crippen LogP contribution >= 0.6 is 0 Å². The molecule has 0 saturated carbocycles. The molecule has 3 nitrogen and oxygen atoms in total. The van der Waals surface area contributed by atoms with Crippen molar-refractivity contribution in [1.82, 2.24) is 10.2 Å². The van der Waals surface area contributed by atoms with E-state index in [1.807, 2.05) is 45.3 Å². The van der Waals surface area contributed by atoms with Crippen LogP contribution in [0, 0.1) is 12.3 Å². The molecule has 1 N–H and O–H groups in total. The fourth-order valence-corrected chi connectivity index (χ4v) is 2.15. The van der Waals surface area contributed by atoms with E-state index in [0.29, 0.717) is 6.54 Å². The molecule has 0 saturated heterocycles. The number of hydrogen-bond acceptors (Lipinski definition) is 2. The van der Waals surface area contributed by atoms with E-state index < -0.39 is 0 Å². The highest BCUT2D eigenvalue weighted by molar-refractivity contribution is 5.95. The third kappa shape index (κ3) is 4.49. The Bertz CT molecular complexity index is 411. The molecule has 0 fully saturated rings. The molecular formula is C15H24N2O. The van der Waals surface area contributed by atoms with Crippen LogP contribution in [-0.2, 0) is 0 Å². The maximum absolute atomic E-state index is 12.1. The lowest BCUT2D eigenvalue weighted by Gasteiger charge is -2.28. The highest BCUT2D eigenvalue weighted by Crippen LogP contribution is 2.15. The number of carbonyl (C=O) groups excluding carboxylic acids is 1. The summed E-state index contributed by atoms with van der Waals surface area (Å²) in [5, 5.41) is 3.02. The van der Waals surface area contributed by atoms with Crippen LogP contribution < -0.4 is 5.32 Å². The van der Waals surface area contributed by atoms with Crippen molar-refractivity contribution < 1.29 is 4.79 Å². The summed E-state index contributed by atoms with van der Waals surface area (Å²) in [5.41, 5.74) is 1.85. The van der Waals surface area contributed by atoms with Gasteiger partial charge in [-0.2, -0.15) is 0 Å². The van der Waals surface area contributed by atoms with Crippen molar-refractivity contribution in [3.05, 3.63) is 35.4 Å². The number of aryl methyl sites for hydroxylation is 1. The maximum atomic E-state index is 12.1. The topological polar surface area (TPSA) is 32.3 Å². The Kier molecular flexibility index (Phi) is 4.91. The Balaban J connectivity index is 2.59. The summed E-state index contributed by atoms with van der Waals surface area (Å²) in [4.78, 5) is 14.2. The molecule has 100 valence electrons. The van der Waals surface area contributed by atoms with Crippen molar-refractivity contribution in [2.75, 3.05) is 27.2 Å². The summed E-state index contributed by atoms with van der Waals surface area (Å²) < 4.78 is 0. The predicted octanol–water partition coefficient (Wildman–Crippen LogP) is 2.31. The molecule has 1 aromatic rings. The molecule has 0 spiro atoms.